The van der Waals surface area contributed by atoms with Crippen LogP contribution in [0.15, 0.2) is 29.4 Å². The van der Waals surface area contributed by atoms with Gasteiger partial charge in [0.25, 0.3) is 0 Å². The highest BCUT2D eigenvalue weighted by atomic mass is 19.1. The van der Waals surface area contributed by atoms with Crippen LogP contribution >= 0.6 is 0 Å². The van der Waals surface area contributed by atoms with Crippen molar-refractivity contribution in [2.45, 2.75) is 0 Å². The van der Waals surface area contributed by atoms with Gasteiger partial charge in [0.15, 0.2) is 0 Å². The molecule has 42 valence electrons. The fourth-order valence-corrected chi connectivity index (χ4v) is 0.325. The normalized spacial score (nSPS) is 16.9. The van der Waals surface area contributed by atoms with Crippen LogP contribution in [0.3, 0.4) is 0 Å². The maximum Gasteiger partial charge on any atom is 0.144 e. The van der Waals surface area contributed by atoms with E-state index in [2.05, 4.69) is 9.99 Å². The Morgan fingerprint density at radius 2 is 2.50 bits per heavy atom. The molecule has 0 aromatic heterocycles. The molecule has 3 heteroatoms. The zero-order valence-corrected chi connectivity index (χ0v) is 4.04. The molecule has 0 bridgehead atoms. The number of oxime groups is 1. The summed E-state index contributed by atoms with van der Waals surface area (Å²) in [7, 11) is 0. The monoisotopic (exact) mass is 113 g/mol. The molecule has 0 aromatic carbocycles. The lowest BCUT2D eigenvalue weighted by Gasteiger charge is -1.78. The van der Waals surface area contributed by atoms with Crippen molar-refractivity contribution in [3.05, 3.63) is 24.2 Å². The lowest BCUT2D eigenvalue weighted by molar-refractivity contribution is 0.271. The van der Waals surface area contributed by atoms with Gasteiger partial charge in [-0.15, -0.1) is 0 Å². The average molecular weight is 113 g/mol. The highest BCUT2D eigenvalue weighted by Crippen LogP contribution is 1.96. The van der Waals surface area contributed by atoms with Crippen molar-refractivity contribution in [1.29, 1.82) is 0 Å². The van der Waals surface area contributed by atoms with E-state index >= 15 is 0 Å². The summed E-state index contributed by atoms with van der Waals surface area (Å²) in [6.07, 6.45) is 4.99. The van der Waals surface area contributed by atoms with Gasteiger partial charge in [0.05, 0.1) is 0 Å². The molecule has 0 atom stereocenters. The Hall–Kier alpha value is -1.12. The molecule has 0 spiro atoms. The minimum absolute atomic E-state index is 0.404. The van der Waals surface area contributed by atoms with Crippen LogP contribution in [0.25, 0.3) is 0 Å². The van der Waals surface area contributed by atoms with Gasteiger partial charge in [-0.25, -0.2) is 4.39 Å². The molecule has 1 aliphatic heterocycles. The van der Waals surface area contributed by atoms with Crippen LogP contribution in [0.1, 0.15) is 0 Å². The molecule has 1 aliphatic rings. The van der Waals surface area contributed by atoms with Gasteiger partial charge in [-0.1, -0.05) is 5.16 Å². The Labute approximate surface area is 45.9 Å². The smallest absolute Gasteiger partial charge is 0.144 e. The lowest BCUT2D eigenvalue weighted by atomic mass is 10.5. The van der Waals surface area contributed by atoms with Crippen molar-refractivity contribution in [2.24, 2.45) is 5.16 Å². The number of hydrogen-bond acceptors (Lipinski definition) is 2. The summed E-state index contributed by atoms with van der Waals surface area (Å²) in [6, 6.07) is 0. The standard InChI is InChI=1S/C5H4FNO/c6-5-2-1-3-8-7-4-5/h1-4H. The van der Waals surface area contributed by atoms with Gasteiger partial charge < -0.3 is 4.84 Å². The molecule has 1 rings (SSSR count). The number of allylic oxidation sites excluding steroid dienone is 3. The topological polar surface area (TPSA) is 21.6 Å². The van der Waals surface area contributed by atoms with E-state index in [9.17, 15) is 4.39 Å². The van der Waals surface area contributed by atoms with Crippen molar-refractivity contribution in [3.63, 3.8) is 0 Å². The summed E-state index contributed by atoms with van der Waals surface area (Å²) in [5, 5.41) is 3.20. The number of hydrogen-bond donors (Lipinski definition) is 0. The van der Waals surface area contributed by atoms with Gasteiger partial charge in [0.1, 0.15) is 18.3 Å². The van der Waals surface area contributed by atoms with E-state index in [1.807, 2.05) is 0 Å². The maximum atomic E-state index is 12.0. The van der Waals surface area contributed by atoms with Gasteiger partial charge in [0.2, 0.25) is 0 Å². The van der Waals surface area contributed by atoms with E-state index in [1.165, 1.54) is 18.4 Å². The molecule has 0 saturated heterocycles. The van der Waals surface area contributed by atoms with Crippen molar-refractivity contribution in [3.8, 4) is 0 Å². The Kier molecular flexibility index (Phi) is 1.42. The van der Waals surface area contributed by atoms with Crippen LogP contribution in [0.2, 0.25) is 0 Å². The number of nitrogens with zero attached hydrogens (tertiary/aromatic N) is 1. The second-order valence-corrected chi connectivity index (χ2v) is 1.22. The first-order valence-corrected chi connectivity index (χ1v) is 2.11. The summed E-state index contributed by atoms with van der Waals surface area (Å²) in [4.78, 5) is 4.36. The van der Waals surface area contributed by atoms with E-state index in [1.54, 1.807) is 0 Å². The molecule has 0 saturated carbocycles. The number of halogens is 1. The molecule has 2 nitrogen and oxygen atoms in total. The Balaban J connectivity index is 2.73. The second kappa shape index (κ2) is 2.26. The molecule has 0 radical (unpaired) electrons. The molecular weight excluding hydrogens is 109 g/mol. The van der Waals surface area contributed by atoms with Crippen molar-refractivity contribution < 1.29 is 9.23 Å². The van der Waals surface area contributed by atoms with E-state index in [0.717, 1.165) is 6.21 Å². The zero-order chi connectivity index (χ0) is 5.82. The first-order valence-electron chi connectivity index (χ1n) is 2.11. The van der Waals surface area contributed by atoms with Crippen molar-refractivity contribution in [2.75, 3.05) is 0 Å². The number of rotatable bonds is 0. The van der Waals surface area contributed by atoms with E-state index in [0.29, 0.717) is 0 Å². The van der Waals surface area contributed by atoms with Crippen LogP contribution in [-0.4, -0.2) is 6.21 Å². The molecule has 0 fully saturated rings. The molecule has 0 amide bonds. The average Bonchev–Trinajstić information content (AvgIpc) is 1.94. The lowest BCUT2D eigenvalue weighted by Crippen LogP contribution is -1.70. The Morgan fingerprint density at radius 3 is 3.38 bits per heavy atom. The summed E-state index contributed by atoms with van der Waals surface area (Å²) < 4.78 is 12.0. The fraction of sp³-hybridized carbons (Fsp3) is 0. The quantitative estimate of drug-likeness (QED) is 0.465. The van der Waals surface area contributed by atoms with Crippen molar-refractivity contribution >= 4 is 6.21 Å². The molecule has 8 heavy (non-hydrogen) atoms. The van der Waals surface area contributed by atoms with Crippen LogP contribution in [0, 0.1) is 0 Å². The van der Waals surface area contributed by atoms with Crippen LogP contribution in [0.4, 0.5) is 4.39 Å². The first kappa shape index (κ1) is 5.03. The van der Waals surface area contributed by atoms with Gasteiger partial charge >= 0.3 is 0 Å². The highest BCUT2D eigenvalue weighted by molar-refractivity contribution is 5.75. The highest BCUT2D eigenvalue weighted by Gasteiger charge is 1.86. The van der Waals surface area contributed by atoms with Gasteiger partial charge in [-0.2, -0.15) is 0 Å². The molecule has 0 aromatic rings. The van der Waals surface area contributed by atoms with Gasteiger partial charge in [-0.3, -0.25) is 0 Å². The summed E-state index contributed by atoms with van der Waals surface area (Å²) >= 11 is 0. The Bertz CT molecular complexity index is 160. The molecule has 0 N–H and O–H groups in total. The molecule has 0 unspecified atom stereocenters. The molecule has 0 aliphatic carbocycles. The van der Waals surface area contributed by atoms with Crippen LogP contribution in [0.5, 0.6) is 0 Å². The zero-order valence-electron chi connectivity index (χ0n) is 4.04. The summed E-state index contributed by atoms with van der Waals surface area (Å²) in [5.41, 5.74) is 0. The Morgan fingerprint density at radius 1 is 1.62 bits per heavy atom. The molecular formula is C5H4FNO. The van der Waals surface area contributed by atoms with Crippen LogP contribution < -0.4 is 0 Å². The SMILES string of the molecule is FC1=CC=CON=C1. The van der Waals surface area contributed by atoms with Crippen LogP contribution in [-0.2, 0) is 4.84 Å². The van der Waals surface area contributed by atoms with Gasteiger partial charge in [-0.05, 0) is 12.2 Å². The minimum Gasteiger partial charge on any atom is -0.365 e. The third-order valence-electron chi connectivity index (χ3n) is 0.632. The van der Waals surface area contributed by atoms with E-state index < -0.39 is 5.83 Å². The largest absolute Gasteiger partial charge is 0.365 e. The van der Waals surface area contributed by atoms with E-state index in [4.69, 9.17) is 0 Å². The maximum absolute atomic E-state index is 12.0. The van der Waals surface area contributed by atoms with Crippen molar-refractivity contribution in [1.82, 2.24) is 0 Å². The predicted molar refractivity (Wildman–Crippen MR) is 27.9 cm³/mol. The summed E-state index contributed by atoms with van der Waals surface area (Å²) in [5.74, 6) is -0.404. The predicted octanol–water partition coefficient (Wildman–Crippen LogP) is 1.37. The summed E-state index contributed by atoms with van der Waals surface area (Å²) in [6.45, 7) is 0. The second-order valence-electron chi connectivity index (χ2n) is 1.22. The minimum atomic E-state index is -0.404. The van der Waals surface area contributed by atoms with Gasteiger partial charge in [0, 0.05) is 0 Å². The molecule has 1 heterocycles. The fourth-order valence-electron chi connectivity index (χ4n) is 0.325. The first-order chi connectivity index (χ1) is 3.89. The third-order valence-corrected chi connectivity index (χ3v) is 0.632. The van der Waals surface area contributed by atoms with E-state index in [-0.39, 0.29) is 0 Å². The third kappa shape index (κ3) is 1.18.